The Balaban J connectivity index is 2.13. The van der Waals surface area contributed by atoms with Gasteiger partial charge >= 0.3 is 0 Å². The molecule has 0 aliphatic heterocycles. The fourth-order valence-corrected chi connectivity index (χ4v) is 3.51. The van der Waals surface area contributed by atoms with Crippen LogP contribution in [0, 0.1) is 6.92 Å². The third kappa shape index (κ3) is 1.59. The summed E-state index contributed by atoms with van der Waals surface area (Å²) in [6.45, 7) is 4.31. The third-order valence-electron chi connectivity index (χ3n) is 4.49. The van der Waals surface area contributed by atoms with E-state index in [1.165, 1.54) is 51.9 Å². The van der Waals surface area contributed by atoms with Gasteiger partial charge in [-0.25, -0.2) is 0 Å². The van der Waals surface area contributed by atoms with Crippen LogP contribution in [-0.2, 0) is 6.42 Å². The van der Waals surface area contributed by atoms with Crippen molar-refractivity contribution in [3.05, 3.63) is 66.6 Å². The predicted molar refractivity (Wildman–Crippen MR) is 82.5 cm³/mol. The van der Waals surface area contributed by atoms with E-state index in [0.717, 1.165) is 0 Å². The van der Waals surface area contributed by atoms with Crippen molar-refractivity contribution in [1.82, 2.24) is 0 Å². The van der Waals surface area contributed by atoms with Gasteiger partial charge in [0.15, 0.2) is 0 Å². The van der Waals surface area contributed by atoms with Crippen LogP contribution in [0.1, 0.15) is 29.9 Å². The molecule has 1 aliphatic rings. The van der Waals surface area contributed by atoms with Gasteiger partial charge in [-0.3, -0.25) is 0 Å². The normalized spacial score (nSPS) is 18.7. The van der Waals surface area contributed by atoms with Crippen molar-refractivity contribution < 1.29 is 0 Å². The van der Waals surface area contributed by atoms with Gasteiger partial charge in [0.1, 0.15) is 0 Å². The SMILES string of the molecule is [CH2][C@@H]1CCCc2c1ccc1c2ccc2ccccc21. The van der Waals surface area contributed by atoms with Gasteiger partial charge in [-0.15, -0.1) is 0 Å². The van der Waals surface area contributed by atoms with Gasteiger partial charge in [0, 0.05) is 0 Å². The summed E-state index contributed by atoms with van der Waals surface area (Å²) >= 11 is 0. The molecule has 0 saturated carbocycles. The summed E-state index contributed by atoms with van der Waals surface area (Å²) in [6, 6.07) is 17.8. The first-order valence-corrected chi connectivity index (χ1v) is 7.11. The Hall–Kier alpha value is -1.82. The molecule has 0 bridgehead atoms. The van der Waals surface area contributed by atoms with Gasteiger partial charge in [0.25, 0.3) is 0 Å². The van der Waals surface area contributed by atoms with Crippen LogP contribution >= 0.6 is 0 Å². The molecule has 0 aromatic heterocycles. The van der Waals surface area contributed by atoms with Gasteiger partial charge in [-0.05, 0) is 64.8 Å². The van der Waals surface area contributed by atoms with E-state index < -0.39 is 0 Å². The highest BCUT2D eigenvalue weighted by atomic mass is 14.2. The van der Waals surface area contributed by atoms with E-state index in [0.29, 0.717) is 5.92 Å². The lowest BCUT2D eigenvalue weighted by Gasteiger charge is -2.24. The molecule has 1 atom stereocenters. The van der Waals surface area contributed by atoms with E-state index in [2.05, 4.69) is 55.5 Å². The van der Waals surface area contributed by atoms with Crippen LogP contribution in [0.15, 0.2) is 48.5 Å². The third-order valence-corrected chi connectivity index (χ3v) is 4.49. The van der Waals surface area contributed by atoms with Gasteiger partial charge in [0.2, 0.25) is 0 Å². The van der Waals surface area contributed by atoms with Crippen LogP contribution in [0.2, 0.25) is 0 Å². The highest BCUT2D eigenvalue weighted by Gasteiger charge is 2.18. The Kier molecular flexibility index (Phi) is 2.38. The molecule has 0 saturated heterocycles. The second-order valence-electron chi connectivity index (χ2n) is 5.60. The zero-order valence-corrected chi connectivity index (χ0v) is 11.0. The standard InChI is InChI=1S/C19H17/c1-13-5-4-8-17-15(13)11-12-18-16-7-3-2-6-14(16)9-10-19(17)18/h2-3,6-7,9-13H,1,4-5,8H2/t13-/m1/s1. The molecule has 1 radical (unpaired) electrons. The van der Waals surface area contributed by atoms with Crippen LogP contribution in [-0.4, -0.2) is 0 Å². The summed E-state index contributed by atoms with van der Waals surface area (Å²) < 4.78 is 0. The number of rotatable bonds is 0. The van der Waals surface area contributed by atoms with Crippen molar-refractivity contribution >= 4 is 21.5 Å². The fourth-order valence-electron chi connectivity index (χ4n) is 3.51. The lowest BCUT2D eigenvalue weighted by Crippen LogP contribution is -2.07. The second-order valence-corrected chi connectivity index (χ2v) is 5.60. The minimum absolute atomic E-state index is 0.472. The molecule has 0 heterocycles. The summed E-state index contributed by atoms with van der Waals surface area (Å²) in [4.78, 5) is 0. The maximum absolute atomic E-state index is 4.31. The molecule has 3 aromatic carbocycles. The maximum atomic E-state index is 4.31. The first-order valence-electron chi connectivity index (χ1n) is 7.11. The number of fused-ring (bicyclic) bond motifs is 5. The molecule has 3 aromatic rings. The van der Waals surface area contributed by atoms with Crippen molar-refractivity contribution in [3.8, 4) is 0 Å². The van der Waals surface area contributed by atoms with E-state index in [1.54, 1.807) is 0 Å². The Morgan fingerprint density at radius 1 is 0.842 bits per heavy atom. The van der Waals surface area contributed by atoms with Crippen molar-refractivity contribution in [2.24, 2.45) is 0 Å². The Bertz CT molecular complexity index is 767. The highest BCUT2D eigenvalue weighted by Crippen LogP contribution is 2.37. The maximum Gasteiger partial charge on any atom is -0.0102 e. The summed E-state index contributed by atoms with van der Waals surface area (Å²) in [7, 11) is 0. The summed E-state index contributed by atoms with van der Waals surface area (Å²) in [5.74, 6) is 0.472. The fraction of sp³-hybridized carbons (Fsp3) is 0.211. The summed E-state index contributed by atoms with van der Waals surface area (Å²) in [5, 5.41) is 5.53. The smallest absolute Gasteiger partial charge is 0.0102 e. The Morgan fingerprint density at radius 2 is 1.68 bits per heavy atom. The Morgan fingerprint density at radius 3 is 2.63 bits per heavy atom. The van der Waals surface area contributed by atoms with Crippen LogP contribution in [0.25, 0.3) is 21.5 Å². The first-order chi connectivity index (χ1) is 9.34. The quantitative estimate of drug-likeness (QED) is 0.475. The topological polar surface area (TPSA) is 0 Å². The average molecular weight is 245 g/mol. The molecule has 0 N–H and O–H groups in total. The molecule has 0 heteroatoms. The second kappa shape index (κ2) is 4.09. The molecular formula is C19H17. The molecule has 4 rings (SSSR count). The lowest BCUT2D eigenvalue weighted by molar-refractivity contribution is 0.630. The monoisotopic (exact) mass is 245 g/mol. The highest BCUT2D eigenvalue weighted by molar-refractivity contribution is 6.08. The molecule has 19 heavy (non-hydrogen) atoms. The van der Waals surface area contributed by atoms with Gasteiger partial charge < -0.3 is 0 Å². The minimum Gasteiger partial charge on any atom is -0.0616 e. The van der Waals surface area contributed by atoms with E-state index in [1.807, 2.05) is 0 Å². The van der Waals surface area contributed by atoms with Crippen LogP contribution in [0.3, 0.4) is 0 Å². The molecule has 0 fully saturated rings. The molecule has 93 valence electrons. The van der Waals surface area contributed by atoms with E-state index >= 15 is 0 Å². The van der Waals surface area contributed by atoms with Crippen LogP contribution in [0.5, 0.6) is 0 Å². The van der Waals surface area contributed by atoms with Crippen LogP contribution in [0.4, 0.5) is 0 Å². The van der Waals surface area contributed by atoms with Gasteiger partial charge in [-0.1, -0.05) is 48.5 Å². The average Bonchev–Trinajstić information content (AvgIpc) is 2.47. The summed E-state index contributed by atoms with van der Waals surface area (Å²) in [6.07, 6.45) is 3.70. The van der Waals surface area contributed by atoms with Crippen LogP contribution < -0.4 is 0 Å². The lowest BCUT2D eigenvalue weighted by atomic mass is 9.81. The zero-order valence-electron chi connectivity index (χ0n) is 11.0. The molecule has 0 unspecified atom stereocenters. The Labute approximate surface area is 114 Å². The zero-order chi connectivity index (χ0) is 12.8. The number of hydrogen-bond donors (Lipinski definition) is 0. The summed E-state index contributed by atoms with van der Waals surface area (Å²) in [5.41, 5.74) is 3.00. The number of hydrogen-bond acceptors (Lipinski definition) is 0. The number of benzene rings is 3. The van der Waals surface area contributed by atoms with Crippen molar-refractivity contribution in [1.29, 1.82) is 0 Å². The largest absolute Gasteiger partial charge is 0.0616 e. The predicted octanol–water partition coefficient (Wildman–Crippen LogP) is 5.25. The van der Waals surface area contributed by atoms with E-state index in [-0.39, 0.29) is 0 Å². The van der Waals surface area contributed by atoms with Crippen molar-refractivity contribution in [3.63, 3.8) is 0 Å². The first kappa shape index (κ1) is 11.0. The molecule has 0 spiro atoms. The van der Waals surface area contributed by atoms with Crippen molar-refractivity contribution in [2.45, 2.75) is 25.2 Å². The molecule has 1 aliphatic carbocycles. The van der Waals surface area contributed by atoms with E-state index in [9.17, 15) is 0 Å². The molecular weight excluding hydrogens is 228 g/mol. The molecule has 0 amide bonds. The van der Waals surface area contributed by atoms with Gasteiger partial charge in [-0.2, -0.15) is 0 Å². The minimum atomic E-state index is 0.472. The number of aryl methyl sites for hydroxylation is 1. The van der Waals surface area contributed by atoms with E-state index in [4.69, 9.17) is 0 Å². The van der Waals surface area contributed by atoms with Gasteiger partial charge in [0.05, 0.1) is 0 Å². The van der Waals surface area contributed by atoms with Crippen molar-refractivity contribution in [2.75, 3.05) is 0 Å². The molecule has 0 nitrogen and oxygen atoms in total.